The number of hydrogen-bond acceptors (Lipinski definition) is 5. The van der Waals surface area contributed by atoms with Crippen molar-refractivity contribution >= 4 is 35.7 Å². The number of piperazine rings is 1. The van der Waals surface area contributed by atoms with Crippen LogP contribution in [-0.2, 0) is 13.1 Å². The number of ether oxygens (including phenoxy) is 1. The van der Waals surface area contributed by atoms with Crippen molar-refractivity contribution in [3.05, 3.63) is 74.9 Å². The lowest BCUT2D eigenvalue weighted by Crippen LogP contribution is -2.45. The first-order valence-electron chi connectivity index (χ1n) is 10.8. The minimum Gasteiger partial charge on any atom is -0.497 e. The summed E-state index contributed by atoms with van der Waals surface area (Å²) in [4.78, 5) is 31.2. The van der Waals surface area contributed by atoms with Crippen LogP contribution in [0.2, 0.25) is 0 Å². The lowest BCUT2D eigenvalue weighted by molar-refractivity contribution is 0.151. The molecule has 1 fully saturated rings. The molecule has 0 amide bonds. The highest BCUT2D eigenvalue weighted by molar-refractivity contribution is 5.85. The predicted molar refractivity (Wildman–Crippen MR) is 138 cm³/mol. The molecule has 1 saturated heterocycles. The third-order valence-corrected chi connectivity index (χ3v) is 6.08. The van der Waals surface area contributed by atoms with Gasteiger partial charge in [0.1, 0.15) is 5.75 Å². The summed E-state index contributed by atoms with van der Waals surface area (Å²) in [6, 6.07) is 14.9. The average Bonchev–Trinajstić information content (AvgIpc) is 2.80. The van der Waals surface area contributed by atoms with Crippen molar-refractivity contribution in [3.8, 4) is 5.75 Å². The zero-order valence-electron chi connectivity index (χ0n) is 19.1. The SMILES string of the molecule is COc1ccc(Cn2c(=O)c3ccccc3n(CCCN3CCN(C)CC3)c2=O)cc1.Cl.Cl. The summed E-state index contributed by atoms with van der Waals surface area (Å²) in [5.41, 5.74) is 1.10. The Kier molecular flexibility index (Phi) is 9.98. The molecule has 3 aromatic rings. The van der Waals surface area contributed by atoms with E-state index in [0.717, 1.165) is 50.5 Å². The van der Waals surface area contributed by atoms with Crippen molar-refractivity contribution in [2.45, 2.75) is 19.5 Å². The maximum Gasteiger partial charge on any atom is 0.331 e. The van der Waals surface area contributed by atoms with Crippen LogP contribution in [0.5, 0.6) is 5.75 Å². The number of hydrogen-bond donors (Lipinski definition) is 0. The fourth-order valence-electron chi connectivity index (χ4n) is 4.16. The second-order valence-corrected chi connectivity index (χ2v) is 8.19. The molecule has 0 N–H and O–H groups in total. The molecule has 1 aliphatic rings. The van der Waals surface area contributed by atoms with Crippen LogP contribution in [0.3, 0.4) is 0 Å². The van der Waals surface area contributed by atoms with Crippen LogP contribution in [0.1, 0.15) is 12.0 Å². The van der Waals surface area contributed by atoms with Gasteiger partial charge in [-0.15, -0.1) is 24.8 Å². The number of aromatic nitrogens is 2. The fraction of sp³-hybridized carbons (Fsp3) is 0.417. The average molecular weight is 495 g/mol. The molecule has 1 aliphatic heterocycles. The smallest absolute Gasteiger partial charge is 0.331 e. The van der Waals surface area contributed by atoms with Gasteiger partial charge in [-0.25, -0.2) is 4.79 Å². The van der Waals surface area contributed by atoms with E-state index in [1.807, 2.05) is 42.5 Å². The highest BCUT2D eigenvalue weighted by Gasteiger charge is 2.16. The van der Waals surface area contributed by atoms with E-state index in [2.05, 4.69) is 16.8 Å². The Balaban J connectivity index is 0.00000193. The number of halogens is 2. The lowest BCUT2D eigenvalue weighted by Gasteiger charge is -2.32. The number of nitrogens with zero attached hydrogens (tertiary/aromatic N) is 4. The van der Waals surface area contributed by atoms with E-state index < -0.39 is 0 Å². The van der Waals surface area contributed by atoms with Crippen LogP contribution < -0.4 is 16.0 Å². The predicted octanol–water partition coefficient (Wildman–Crippen LogP) is 2.70. The van der Waals surface area contributed by atoms with Crippen LogP contribution in [0.4, 0.5) is 0 Å². The lowest BCUT2D eigenvalue weighted by atomic mass is 10.2. The molecule has 1 aromatic heterocycles. The van der Waals surface area contributed by atoms with Crippen LogP contribution in [0.15, 0.2) is 58.1 Å². The Morgan fingerprint density at radius 2 is 1.52 bits per heavy atom. The number of aryl methyl sites for hydroxylation is 1. The molecule has 0 radical (unpaired) electrons. The topological polar surface area (TPSA) is 59.7 Å². The molecule has 0 atom stereocenters. The van der Waals surface area contributed by atoms with E-state index in [0.29, 0.717) is 17.4 Å². The molecule has 2 aromatic carbocycles. The minimum atomic E-state index is -0.252. The van der Waals surface area contributed by atoms with Crippen molar-refractivity contribution < 1.29 is 4.74 Å². The van der Waals surface area contributed by atoms with Crippen molar-refractivity contribution in [1.82, 2.24) is 18.9 Å². The molecule has 2 heterocycles. The Hall–Kier alpha value is -2.32. The second-order valence-electron chi connectivity index (χ2n) is 8.19. The summed E-state index contributed by atoms with van der Waals surface area (Å²) in [6.45, 7) is 6.06. The van der Waals surface area contributed by atoms with E-state index in [4.69, 9.17) is 4.74 Å². The number of para-hydroxylation sites is 1. The largest absolute Gasteiger partial charge is 0.497 e. The van der Waals surface area contributed by atoms with Gasteiger partial charge in [-0.1, -0.05) is 24.3 Å². The van der Waals surface area contributed by atoms with Gasteiger partial charge >= 0.3 is 5.69 Å². The normalized spacial score (nSPS) is 14.5. The Bertz CT molecular complexity index is 1150. The first-order chi connectivity index (χ1) is 15.1. The minimum absolute atomic E-state index is 0. The van der Waals surface area contributed by atoms with E-state index >= 15 is 0 Å². The Labute approximate surface area is 206 Å². The van der Waals surface area contributed by atoms with Crippen LogP contribution in [0.25, 0.3) is 10.9 Å². The maximum atomic E-state index is 13.3. The van der Waals surface area contributed by atoms with Crippen LogP contribution in [-0.4, -0.2) is 65.8 Å². The summed E-state index contributed by atoms with van der Waals surface area (Å²) >= 11 is 0. The number of fused-ring (bicyclic) bond motifs is 1. The summed E-state index contributed by atoms with van der Waals surface area (Å²) in [5.74, 6) is 0.746. The van der Waals surface area contributed by atoms with Crippen molar-refractivity contribution in [2.24, 2.45) is 0 Å². The second kappa shape index (κ2) is 12.2. The van der Waals surface area contributed by atoms with E-state index in [-0.39, 0.29) is 42.6 Å². The molecule has 0 unspecified atom stereocenters. The monoisotopic (exact) mass is 494 g/mol. The molecule has 7 nitrogen and oxygen atoms in total. The van der Waals surface area contributed by atoms with Crippen LogP contribution in [0, 0.1) is 0 Å². The third kappa shape index (κ3) is 6.18. The summed E-state index contributed by atoms with van der Waals surface area (Å²) in [6.07, 6.45) is 0.869. The van der Waals surface area contributed by atoms with Gasteiger partial charge in [0, 0.05) is 32.7 Å². The highest BCUT2D eigenvalue weighted by atomic mass is 35.5. The van der Waals surface area contributed by atoms with Gasteiger partial charge < -0.3 is 14.5 Å². The quantitative estimate of drug-likeness (QED) is 0.505. The molecule has 180 valence electrons. The summed E-state index contributed by atoms with van der Waals surface area (Å²) in [5, 5.41) is 0.579. The van der Waals surface area contributed by atoms with Crippen molar-refractivity contribution in [1.29, 1.82) is 0 Å². The van der Waals surface area contributed by atoms with Gasteiger partial charge in [0.15, 0.2) is 0 Å². The highest BCUT2D eigenvalue weighted by Crippen LogP contribution is 2.13. The molecule has 0 aliphatic carbocycles. The molecular weight excluding hydrogens is 463 g/mol. The molecular formula is C24H32Cl2N4O3. The number of methoxy groups -OCH3 is 1. The van der Waals surface area contributed by atoms with Gasteiger partial charge in [-0.3, -0.25) is 13.9 Å². The van der Waals surface area contributed by atoms with Gasteiger partial charge in [0.2, 0.25) is 0 Å². The molecule has 4 rings (SSSR count). The summed E-state index contributed by atoms with van der Waals surface area (Å²) in [7, 11) is 3.76. The standard InChI is InChI=1S/C24H30N4O3.2ClH/c1-25-14-16-26(17-15-25)12-5-13-27-22-7-4-3-6-21(22)23(29)28(24(27)30)18-19-8-10-20(31-2)11-9-19;;/h3-4,6-11H,5,12-18H2,1-2H3;2*1H. The molecule has 0 bridgehead atoms. The first-order valence-corrected chi connectivity index (χ1v) is 10.8. The fourth-order valence-corrected chi connectivity index (χ4v) is 4.16. The zero-order chi connectivity index (χ0) is 21.8. The zero-order valence-corrected chi connectivity index (χ0v) is 20.7. The Morgan fingerprint density at radius 1 is 0.848 bits per heavy atom. The Morgan fingerprint density at radius 3 is 2.18 bits per heavy atom. The number of benzene rings is 2. The number of rotatable bonds is 7. The first kappa shape index (κ1) is 26.9. The molecule has 9 heteroatoms. The molecule has 0 saturated carbocycles. The third-order valence-electron chi connectivity index (χ3n) is 6.08. The maximum absolute atomic E-state index is 13.3. The van der Waals surface area contributed by atoms with Gasteiger partial charge in [0.25, 0.3) is 5.56 Å². The van der Waals surface area contributed by atoms with Gasteiger partial charge in [0.05, 0.1) is 24.6 Å². The van der Waals surface area contributed by atoms with E-state index in [9.17, 15) is 9.59 Å². The van der Waals surface area contributed by atoms with Crippen molar-refractivity contribution in [3.63, 3.8) is 0 Å². The van der Waals surface area contributed by atoms with Gasteiger partial charge in [-0.2, -0.15) is 0 Å². The van der Waals surface area contributed by atoms with Crippen molar-refractivity contribution in [2.75, 3.05) is 46.9 Å². The number of likely N-dealkylation sites (N-methyl/N-ethyl adjacent to an activating group) is 1. The molecule has 0 spiro atoms. The van der Waals surface area contributed by atoms with E-state index in [1.54, 1.807) is 17.7 Å². The molecule has 33 heavy (non-hydrogen) atoms. The van der Waals surface area contributed by atoms with Crippen LogP contribution >= 0.6 is 24.8 Å². The van der Waals surface area contributed by atoms with E-state index in [1.165, 1.54) is 4.57 Å². The summed E-state index contributed by atoms with van der Waals surface area (Å²) < 4.78 is 8.31. The van der Waals surface area contributed by atoms with Gasteiger partial charge in [-0.05, 0) is 49.8 Å².